The molecule has 8 rings (SSSR count). The van der Waals surface area contributed by atoms with Crippen LogP contribution in [0.4, 0.5) is 11.4 Å². The van der Waals surface area contributed by atoms with Crippen molar-refractivity contribution in [1.82, 2.24) is 9.80 Å². The number of aryl methyl sites for hydroxylation is 2. The number of ether oxygens (including phenoxy) is 3. The van der Waals surface area contributed by atoms with Gasteiger partial charge in [0.05, 0.1) is 54.9 Å². The van der Waals surface area contributed by atoms with E-state index in [1.54, 1.807) is 13.2 Å². The van der Waals surface area contributed by atoms with E-state index < -0.39 is 0 Å². The molecule has 0 bridgehead atoms. The number of aliphatic imine (C=N–C) groups is 2. The van der Waals surface area contributed by atoms with Gasteiger partial charge in [-0.15, -0.1) is 0 Å². The molecule has 9 nitrogen and oxygen atoms in total. The number of carbonyl (C=O) groups excluding carboxylic acids is 2. The molecule has 260 valence electrons. The van der Waals surface area contributed by atoms with Gasteiger partial charge in [0.25, 0.3) is 11.8 Å². The fourth-order valence-corrected chi connectivity index (χ4v) is 7.59. The van der Waals surface area contributed by atoms with Gasteiger partial charge in [0.1, 0.15) is 5.75 Å². The molecular weight excluding hydrogens is 640 g/mol. The van der Waals surface area contributed by atoms with Crippen molar-refractivity contribution >= 4 is 35.6 Å². The number of hydrogen-bond donors (Lipinski definition) is 0. The Bertz CT molecular complexity index is 2090. The predicted octanol–water partition coefficient (Wildman–Crippen LogP) is 7.51. The van der Waals surface area contributed by atoms with Crippen LogP contribution in [0.15, 0.2) is 76.7 Å². The smallest absolute Gasteiger partial charge is 0.257 e. The minimum absolute atomic E-state index is 0.0120. The Morgan fingerprint density at radius 3 is 1.92 bits per heavy atom. The Kier molecular flexibility index (Phi) is 8.80. The molecule has 4 aliphatic rings. The van der Waals surface area contributed by atoms with Gasteiger partial charge in [-0.25, -0.2) is 0 Å². The van der Waals surface area contributed by atoms with E-state index in [2.05, 4.69) is 37.3 Å². The molecule has 0 spiro atoms. The van der Waals surface area contributed by atoms with Crippen LogP contribution in [-0.4, -0.2) is 66.5 Å². The van der Waals surface area contributed by atoms with Gasteiger partial charge in [-0.1, -0.05) is 48.0 Å². The lowest BCUT2D eigenvalue weighted by molar-refractivity contribution is 0.0696. The zero-order chi connectivity index (χ0) is 35.1. The molecule has 0 aromatic heterocycles. The lowest BCUT2D eigenvalue weighted by Gasteiger charge is -2.34. The minimum atomic E-state index is -0.0942. The lowest BCUT2D eigenvalue weighted by Crippen LogP contribution is -2.44. The van der Waals surface area contributed by atoms with Gasteiger partial charge >= 0.3 is 0 Å². The first-order chi connectivity index (χ1) is 24.9. The quantitative estimate of drug-likeness (QED) is 0.171. The highest BCUT2D eigenvalue weighted by Crippen LogP contribution is 2.39. The topological polar surface area (TPSA) is 93.0 Å². The second-order valence-corrected chi connectivity index (χ2v) is 13.9. The normalized spacial score (nSPS) is 18.4. The Morgan fingerprint density at radius 1 is 0.647 bits per heavy atom. The third-order valence-corrected chi connectivity index (χ3v) is 10.5. The van der Waals surface area contributed by atoms with Crippen LogP contribution in [0.1, 0.15) is 73.4 Å². The maximum atomic E-state index is 13.7. The van der Waals surface area contributed by atoms with Crippen LogP contribution in [0.5, 0.6) is 17.2 Å². The summed E-state index contributed by atoms with van der Waals surface area (Å²) in [5.74, 6) is 1.81. The van der Waals surface area contributed by atoms with E-state index in [1.165, 1.54) is 27.8 Å². The van der Waals surface area contributed by atoms with Crippen molar-refractivity contribution < 1.29 is 23.8 Å². The van der Waals surface area contributed by atoms with Crippen LogP contribution in [-0.2, 0) is 25.9 Å². The number of methoxy groups -OCH3 is 1. The number of nitrogens with zero attached hydrogens (tertiary/aromatic N) is 4. The zero-order valence-electron chi connectivity index (χ0n) is 29.4. The van der Waals surface area contributed by atoms with E-state index in [0.717, 1.165) is 43.4 Å². The van der Waals surface area contributed by atoms with Crippen molar-refractivity contribution in [3.63, 3.8) is 0 Å². The molecule has 9 heteroatoms. The van der Waals surface area contributed by atoms with Crippen LogP contribution in [0.3, 0.4) is 0 Å². The number of rotatable bonds is 9. The maximum absolute atomic E-state index is 13.7. The molecule has 0 aliphatic carbocycles. The van der Waals surface area contributed by atoms with Gasteiger partial charge in [0, 0.05) is 37.7 Å². The highest BCUT2D eigenvalue weighted by Gasteiger charge is 2.34. The minimum Gasteiger partial charge on any atom is -0.493 e. The van der Waals surface area contributed by atoms with Crippen LogP contribution < -0.4 is 14.2 Å². The zero-order valence-corrected chi connectivity index (χ0v) is 29.4. The van der Waals surface area contributed by atoms with Gasteiger partial charge in [-0.05, 0) is 85.9 Å². The number of unbranched alkanes of at least 4 members (excludes halogenated alkanes) is 2. The molecule has 4 aromatic carbocycles. The predicted molar refractivity (Wildman–Crippen MR) is 198 cm³/mol. The van der Waals surface area contributed by atoms with Gasteiger partial charge in [-0.2, -0.15) is 0 Å². The lowest BCUT2D eigenvalue weighted by atomic mass is 9.93. The number of amides is 2. The highest BCUT2D eigenvalue weighted by molar-refractivity contribution is 6.04. The molecule has 4 heterocycles. The third-order valence-electron chi connectivity index (χ3n) is 10.5. The summed E-state index contributed by atoms with van der Waals surface area (Å²) in [7, 11) is 1.59. The Morgan fingerprint density at radius 2 is 1.24 bits per heavy atom. The van der Waals surface area contributed by atoms with Gasteiger partial charge < -0.3 is 24.0 Å². The summed E-state index contributed by atoms with van der Waals surface area (Å²) in [6.07, 6.45) is 7.88. The van der Waals surface area contributed by atoms with Crippen LogP contribution in [0.2, 0.25) is 0 Å². The van der Waals surface area contributed by atoms with Crippen molar-refractivity contribution in [3.05, 3.63) is 111 Å². The molecule has 2 atom stereocenters. The van der Waals surface area contributed by atoms with E-state index in [0.29, 0.717) is 60.3 Å². The average molecular weight is 683 g/mol. The average Bonchev–Trinajstić information content (AvgIpc) is 3.35. The molecule has 2 amide bonds. The Hall–Kier alpha value is -5.44. The number of carbonyl (C=O) groups is 2. The van der Waals surface area contributed by atoms with E-state index >= 15 is 0 Å². The van der Waals surface area contributed by atoms with Gasteiger partial charge in [-0.3, -0.25) is 19.6 Å². The Balaban J connectivity index is 0.854. The van der Waals surface area contributed by atoms with Crippen molar-refractivity contribution in [2.24, 2.45) is 9.98 Å². The highest BCUT2D eigenvalue weighted by atomic mass is 16.5. The number of fused-ring (bicyclic) bond motifs is 6. The first-order valence-corrected chi connectivity index (χ1v) is 17.8. The molecule has 0 unspecified atom stereocenters. The van der Waals surface area contributed by atoms with Crippen molar-refractivity contribution in [2.45, 2.75) is 71.1 Å². The monoisotopic (exact) mass is 682 g/mol. The number of hydrogen-bond acceptors (Lipinski definition) is 7. The Labute approximate surface area is 298 Å². The van der Waals surface area contributed by atoms with Gasteiger partial charge in [0.2, 0.25) is 0 Å². The largest absolute Gasteiger partial charge is 0.493 e. The summed E-state index contributed by atoms with van der Waals surface area (Å²) in [5, 5.41) is 0. The molecule has 0 fully saturated rings. The molecule has 0 saturated heterocycles. The van der Waals surface area contributed by atoms with Crippen LogP contribution >= 0.6 is 0 Å². The molecule has 0 N–H and O–H groups in total. The maximum Gasteiger partial charge on any atom is 0.257 e. The molecule has 4 aliphatic heterocycles. The molecule has 0 saturated carbocycles. The number of benzene rings is 4. The summed E-state index contributed by atoms with van der Waals surface area (Å²) in [4.78, 5) is 40.7. The fourth-order valence-electron chi connectivity index (χ4n) is 7.59. The summed E-state index contributed by atoms with van der Waals surface area (Å²) >= 11 is 0. The van der Waals surface area contributed by atoms with E-state index in [4.69, 9.17) is 24.2 Å². The first-order valence-electron chi connectivity index (χ1n) is 17.8. The van der Waals surface area contributed by atoms with E-state index in [-0.39, 0.29) is 23.9 Å². The van der Waals surface area contributed by atoms with Crippen molar-refractivity contribution in [1.29, 1.82) is 0 Å². The molecule has 4 aromatic rings. The summed E-state index contributed by atoms with van der Waals surface area (Å²) in [6.45, 7) is 6.24. The second kappa shape index (κ2) is 13.7. The summed E-state index contributed by atoms with van der Waals surface area (Å²) in [5.41, 5.74) is 9.43. The molecule has 51 heavy (non-hydrogen) atoms. The third kappa shape index (κ3) is 6.37. The first kappa shape index (κ1) is 32.7. The van der Waals surface area contributed by atoms with Crippen molar-refractivity contribution in [3.8, 4) is 17.2 Å². The second-order valence-electron chi connectivity index (χ2n) is 13.9. The van der Waals surface area contributed by atoms with Crippen LogP contribution in [0.25, 0.3) is 0 Å². The van der Waals surface area contributed by atoms with Crippen molar-refractivity contribution in [2.75, 3.05) is 20.3 Å². The van der Waals surface area contributed by atoms with E-state index in [9.17, 15) is 9.59 Å². The van der Waals surface area contributed by atoms with E-state index in [1.807, 2.05) is 59.5 Å². The molecule has 0 radical (unpaired) electrons. The van der Waals surface area contributed by atoms with Gasteiger partial charge in [0.15, 0.2) is 11.5 Å². The standard InChI is InChI=1S/C42H42N4O5/c1-26-11-12-29-18-33-23-44-37-21-40(39(49-3)19-35(37)42(48)46(33)25-31(29)15-26)51-14-8-4-7-13-50-38-20-36-34(16-27(38)2)41(47)45-24-30-10-6-5-9-28(30)17-32(45)22-43-36/h5-6,9-12,15-16,19-23,32-33H,4,7-8,13-14,17-18,24-25H2,1-3H3/t32-,33-/m0/s1. The SMILES string of the molecule is COc1cc2c(cc1OCCCCCOc1cc3c(cc1C)C(=O)N1Cc4ccccc4C[C@H]1C=N3)N=C[C@@H]1Cc3ccc(C)cc3CN1C2=O. The summed E-state index contributed by atoms with van der Waals surface area (Å²) in [6, 6.07) is 22.0. The fraction of sp³-hybridized carbons (Fsp3) is 0.333. The summed E-state index contributed by atoms with van der Waals surface area (Å²) < 4.78 is 18.0. The van der Waals surface area contributed by atoms with Crippen LogP contribution in [0, 0.1) is 13.8 Å². The molecular formula is C42H42N4O5.